The Morgan fingerprint density at radius 1 is 1.50 bits per heavy atom. The second-order valence-electron chi connectivity index (χ2n) is 5.02. The van der Waals surface area contributed by atoms with E-state index in [9.17, 15) is 9.59 Å². The molecule has 1 unspecified atom stereocenters. The Morgan fingerprint density at radius 3 is 2.85 bits per heavy atom. The summed E-state index contributed by atoms with van der Waals surface area (Å²) in [5, 5.41) is 13.0. The molecule has 0 radical (unpaired) electrons. The molecule has 1 aromatic rings. The molecule has 1 amide bonds. The van der Waals surface area contributed by atoms with Crippen molar-refractivity contribution in [2.75, 3.05) is 19.7 Å². The van der Waals surface area contributed by atoms with E-state index in [-0.39, 0.29) is 18.9 Å². The van der Waals surface area contributed by atoms with Crippen molar-refractivity contribution in [1.29, 1.82) is 0 Å². The van der Waals surface area contributed by atoms with E-state index in [0.717, 1.165) is 11.4 Å². The van der Waals surface area contributed by atoms with Crippen molar-refractivity contribution in [1.82, 2.24) is 14.7 Å². The highest BCUT2D eigenvalue weighted by Gasteiger charge is 2.26. The first-order valence-electron chi connectivity index (χ1n) is 6.58. The van der Waals surface area contributed by atoms with Crippen LogP contribution in [0.1, 0.15) is 17.8 Å². The van der Waals surface area contributed by atoms with Crippen LogP contribution >= 0.6 is 0 Å². The molecule has 1 aliphatic rings. The van der Waals surface area contributed by atoms with E-state index in [0.29, 0.717) is 19.7 Å². The van der Waals surface area contributed by atoms with Gasteiger partial charge in [0.05, 0.1) is 24.8 Å². The molecule has 2 rings (SSSR count). The Kier molecular flexibility index (Phi) is 4.39. The SMILES string of the molecule is Cc1cc(C)n(CC(=O)N2CCOC(CC(=O)O)C2)n1. The first-order chi connectivity index (χ1) is 9.45. The van der Waals surface area contributed by atoms with Crippen molar-refractivity contribution in [3.05, 3.63) is 17.5 Å². The van der Waals surface area contributed by atoms with Crippen molar-refractivity contribution >= 4 is 11.9 Å². The van der Waals surface area contributed by atoms with Crippen LogP contribution in [0, 0.1) is 13.8 Å². The largest absolute Gasteiger partial charge is 0.481 e. The highest BCUT2D eigenvalue weighted by atomic mass is 16.5. The first kappa shape index (κ1) is 14.5. The Morgan fingerprint density at radius 2 is 2.25 bits per heavy atom. The summed E-state index contributed by atoms with van der Waals surface area (Å²) < 4.78 is 7.02. The molecule has 1 saturated heterocycles. The van der Waals surface area contributed by atoms with Crippen LogP contribution in [0.2, 0.25) is 0 Å². The molecule has 1 atom stereocenters. The van der Waals surface area contributed by atoms with Crippen LogP contribution in [0.5, 0.6) is 0 Å². The topological polar surface area (TPSA) is 84.7 Å². The molecule has 0 saturated carbocycles. The predicted molar refractivity (Wildman–Crippen MR) is 70.3 cm³/mol. The van der Waals surface area contributed by atoms with E-state index in [2.05, 4.69) is 5.10 Å². The normalized spacial score (nSPS) is 19.1. The number of hydrogen-bond acceptors (Lipinski definition) is 4. The summed E-state index contributed by atoms with van der Waals surface area (Å²) in [6.45, 7) is 5.16. The number of rotatable bonds is 4. The van der Waals surface area contributed by atoms with Gasteiger partial charge in [0.1, 0.15) is 6.54 Å². The zero-order chi connectivity index (χ0) is 14.7. The number of hydrogen-bond donors (Lipinski definition) is 1. The minimum atomic E-state index is -0.914. The van der Waals surface area contributed by atoms with E-state index in [1.807, 2.05) is 19.9 Å². The van der Waals surface area contributed by atoms with Crippen LogP contribution in [-0.4, -0.2) is 57.5 Å². The number of ether oxygens (including phenoxy) is 1. The molecule has 0 spiro atoms. The second-order valence-corrected chi connectivity index (χ2v) is 5.02. The molecule has 0 aromatic carbocycles. The van der Waals surface area contributed by atoms with Crippen LogP contribution < -0.4 is 0 Å². The monoisotopic (exact) mass is 281 g/mol. The molecular formula is C13H19N3O4. The third kappa shape index (κ3) is 3.57. The number of amides is 1. The number of carbonyl (C=O) groups is 2. The molecule has 0 aliphatic carbocycles. The number of aliphatic carboxylic acids is 1. The van der Waals surface area contributed by atoms with Crippen molar-refractivity contribution < 1.29 is 19.4 Å². The van der Waals surface area contributed by atoms with Crippen molar-refractivity contribution in [3.63, 3.8) is 0 Å². The summed E-state index contributed by atoms with van der Waals surface area (Å²) in [5.41, 5.74) is 1.81. The molecular weight excluding hydrogens is 262 g/mol. The van der Waals surface area contributed by atoms with Gasteiger partial charge < -0.3 is 14.7 Å². The summed E-state index contributed by atoms with van der Waals surface area (Å²) >= 11 is 0. The fourth-order valence-electron chi connectivity index (χ4n) is 2.33. The van der Waals surface area contributed by atoms with Gasteiger partial charge in [-0.05, 0) is 19.9 Å². The van der Waals surface area contributed by atoms with Gasteiger partial charge in [0, 0.05) is 18.8 Å². The molecule has 1 N–H and O–H groups in total. The summed E-state index contributed by atoms with van der Waals surface area (Å²) in [6.07, 6.45) is -0.505. The van der Waals surface area contributed by atoms with Crippen LogP contribution in [0.15, 0.2) is 6.07 Å². The minimum absolute atomic E-state index is 0.0603. The molecule has 0 bridgehead atoms. The van der Waals surface area contributed by atoms with Gasteiger partial charge in [0.25, 0.3) is 0 Å². The number of carboxylic acid groups (broad SMARTS) is 1. The Bertz CT molecular complexity index is 512. The molecule has 1 aromatic heterocycles. The van der Waals surface area contributed by atoms with Gasteiger partial charge in [-0.1, -0.05) is 0 Å². The molecule has 7 heteroatoms. The van der Waals surface area contributed by atoms with Crippen LogP contribution in [0.25, 0.3) is 0 Å². The van der Waals surface area contributed by atoms with Crippen molar-refractivity contribution in [3.8, 4) is 0 Å². The maximum Gasteiger partial charge on any atom is 0.306 e. The lowest BCUT2D eigenvalue weighted by Crippen LogP contribution is -2.47. The zero-order valence-electron chi connectivity index (χ0n) is 11.7. The number of carboxylic acids is 1. The van der Waals surface area contributed by atoms with Gasteiger partial charge in [-0.3, -0.25) is 14.3 Å². The van der Waals surface area contributed by atoms with Crippen LogP contribution in [-0.2, 0) is 20.9 Å². The Balaban J connectivity index is 1.95. The highest BCUT2D eigenvalue weighted by Crippen LogP contribution is 2.10. The van der Waals surface area contributed by atoms with Gasteiger partial charge in [-0.15, -0.1) is 0 Å². The number of aryl methyl sites for hydroxylation is 2. The lowest BCUT2D eigenvalue weighted by Gasteiger charge is -2.32. The third-order valence-corrected chi connectivity index (χ3v) is 3.28. The fourth-order valence-corrected chi connectivity index (χ4v) is 2.33. The average molecular weight is 281 g/mol. The van der Waals surface area contributed by atoms with Crippen molar-refractivity contribution in [2.45, 2.75) is 32.9 Å². The van der Waals surface area contributed by atoms with Gasteiger partial charge >= 0.3 is 5.97 Å². The maximum absolute atomic E-state index is 12.2. The molecule has 110 valence electrons. The first-order valence-corrected chi connectivity index (χ1v) is 6.58. The molecule has 1 fully saturated rings. The number of aromatic nitrogens is 2. The van der Waals surface area contributed by atoms with Gasteiger partial charge in [0.15, 0.2) is 0 Å². The van der Waals surface area contributed by atoms with E-state index < -0.39 is 12.1 Å². The standard InChI is InChI=1S/C13H19N3O4/c1-9-5-10(2)16(14-9)8-12(17)15-3-4-20-11(7-15)6-13(18)19/h5,11H,3-4,6-8H2,1-2H3,(H,18,19). The minimum Gasteiger partial charge on any atom is -0.481 e. The predicted octanol–water partition coefficient (Wildman–Crippen LogP) is 0.202. The summed E-state index contributed by atoms with van der Waals surface area (Å²) in [6, 6.07) is 1.92. The quantitative estimate of drug-likeness (QED) is 0.852. The summed E-state index contributed by atoms with van der Waals surface area (Å²) in [4.78, 5) is 24.6. The fraction of sp³-hybridized carbons (Fsp3) is 0.615. The van der Waals surface area contributed by atoms with Crippen LogP contribution in [0.3, 0.4) is 0 Å². The molecule has 2 heterocycles. The Hall–Kier alpha value is -1.89. The average Bonchev–Trinajstić information content (AvgIpc) is 2.67. The summed E-state index contributed by atoms with van der Waals surface area (Å²) in [5.74, 6) is -0.974. The summed E-state index contributed by atoms with van der Waals surface area (Å²) in [7, 11) is 0. The number of nitrogens with zero attached hydrogens (tertiary/aromatic N) is 3. The lowest BCUT2D eigenvalue weighted by atomic mass is 10.2. The molecule has 20 heavy (non-hydrogen) atoms. The lowest BCUT2D eigenvalue weighted by molar-refractivity contribution is -0.148. The smallest absolute Gasteiger partial charge is 0.306 e. The number of carbonyl (C=O) groups excluding carboxylic acids is 1. The molecule has 1 aliphatic heterocycles. The van der Waals surface area contributed by atoms with Gasteiger partial charge in [0.2, 0.25) is 5.91 Å². The van der Waals surface area contributed by atoms with E-state index in [1.54, 1.807) is 9.58 Å². The van der Waals surface area contributed by atoms with E-state index in [1.165, 1.54) is 0 Å². The second kappa shape index (κ2) is 6.04. The van der Waals surface area contributed by atoms with Gasteiger partial charge in [-0.25, -0.2) is 0 Å². The van der Waals surface area contributed by atoms with E-state index in [4.69, 9.17) is 9.84 Å². The third-order valence-electron chi connectivity index (χ3n) is 3.28. The van der Waals surface area contributed by atoms with Crippen molar-refractivity contribution in [2.24, 2.45) is 0 Å². The number of morpholine rings is 1. The molecule has 7 nitrogen and oxygen atoms in total. The van der Waals surface area contributed by atoms with Crippen LogP contribution in [0.4, 0.5) is 0 Å². The van der Waals surface area contributed by atoms with E-state index >= 15 is 0 Å². The Labute approximate surface area is 117 Å². The zero-order valence-corrected chi connectivity index (χ0v) is 11.7. The maximum atomic E-state index is 12.2. The highest BCUT2D eigenvalue weighted by molar-refractivity contribution is 5.76. The van der Waals surface area contributed by atoms with Gasteiger partial charge in [-0.2, -0.15) is 5.10 Å².